The van der Waals surface area contributed by atoms with Crippen molar-refractivity contribution < 1.29 is 47.5 Å². The van der Waals surface area contributed by atoms with Crippen molar-refractivity contribution >= 4 is 25.7 Å². The van der Waals surface area contributed by atoms with Crippen LogP contribution in [0.4, 0.5) is 0 Å². The summed E-state index contributed by atoms with van der Waals surface area (Å²) in [5.41, 5.74) is 5.34. The molecule has 0 aliphatic heterocycles. The number of carboxylic acids is 1. The number of carbonyl (C=O) groups is 3. The van der Waals surface area contributed by atoms with Gasteiger partial charge in [-0.1, -0.05) is 182 Å². The molecule has 0 heterocycles. The Bertz CT molecular complexity index is 1400. The largest absolute Gasteiger partial charge is 0.480 e. The monoisotopic (exact) mass is 918 g/mol. The first-order valence-electron chi connectivity index (χ1n) is 24.6. The second kappa shape index (κ2) is 46.2. The van der Waals surface area contributed by atoms with Gasteiger partial charge in [-0.25, -0.2) is 4.57 Å². The van der Waals surface area contributed by atoms with Crippen LogP contribution in [-0.2, 0) is 37.5 Å². The van der Waals surface area contributed by atoms with Gasteiger partial charge < -0.3 is 25.2 Å². The van der Waals surface area contributed by atoms with Gasteiger partial charge >= 0.3 is 25.7 Å². The molecule has 0 saturated carbocycles. The molecule has 0 rings (SSSR count). The zero-order chi connectivity index (χ0) is 47.0. The standard InChI is InChI=1S/C52H88NO10P/c1-3-5-7-9-11-13-15-17-19-21-22-23-24-25-26-28-30-32-34-36-38-40-42-44-51(55)63-48(46-61-64(58,59)62-47-49(53)52(56)57)45-60-50(54)43-41-39-37-35-33-31-29-27-20-18-16-14-12-10-8-6-4-2/h6,8,12,14,18,20,28-31,35-38,48-49H,3-5,7,9-11,13,15-17,19,21-27,32-34,39-47,53H2,1-2H3,(H,56,57)(H,58,59)/b8-6+,14-12+,20-18+,30-28+,31-29+,37-35+,38-36+/t48-,49-/m0/s1. The molecule has 11 nitrogen and oxygen atoms in total. The fourth-order valence-electron chi connectivity index (χ4n) is 6.30. The Kier molecular flexibility index (Phi) is 43.8. The number of aliphatic carboxylic acids is 1. The maximum absolute atomic E-state index is 12.7. The maximum Gasteiger partial charge on any atom is 0.472 e. The summed E-state index contributed by atoms with van der Waals surface area (Å²) >= 11 is 0. The summed E-state index contributed by atoms with van der Waals surface area (Å²) in [5, 5.41) is 8.91. The predicted octanol–water partition coefficient (Wildman–Crippen LogP) is 13.8. The van der Waals surface area contributed by atoms with Gasteiger partial charge in [-0.05, 0) is 83.5 Å². The van der Waals surface area contributed by atoms with Crippen LogP contribution in [0.3, 0.4) is 0 Å². The topological polar surface area (TPSA) is 172 Å². The minimum atomic E-state index is -4.75. The highest BCUT2D eigenvalue weighted by Gasteiger charge is 2.28. The number of phosphoric acid groups is 1. The maximum atomic E-state index is 12.7. The quantitative estimate of drug-likeness (QED) is 0.0230. The van der Waals surface area contributed by atoms with Crippen molar-refractivity contribution in [2.45, 2.75) is 206 Å². The van der Waals surface area contributed by atoms with E-state index in [1.54, 1.807) is 0 Å². The van der Waals surface area contributed by atoms with Crippen LogP contribution in [0.15, 0.2) is 85.1 Å². The van der Waals surface area contributed by atoms with Gasteiger partial charge in [0.2, 0.25) is 0 Å². The lowest BCUT2D eigenvalue weighted by molar-refractivity contribution is -0.161. The zero-order valence-corrected chi connectivity index (χ0v) is 40.7. The molecule has 0 aromatic rings. The first kappa shape index (κ1) is 60.7. The molecule has 0 aliphatic carbocycles. The van der Waals surface area contributed by atoms with Crippen molar-refractivity contribution in [2.24, 2.45) is 5.73 Å². The molecule has 4 N–H and O–H groups in total. The Labute approximate surface area is 388 Å². The van der Waals surface area contributed by atoms with Crippen LogP contribution >= 0.6 is 7.82 Å². The number of hydrogen-bond acceptors (Lipinski definition) is 9. The molecular formula is C52H88NO10P. The zero-order valence-electron chi connectivity index (χ0n) is 39.8. The summed E-state index contributed by atoms with van der Waals surface area (Å²) in [5.74, 6) is -2.51. The average Bonchev–Trinajstić information content (AvgIpc) is 3.27. The van der Waals surface area contributed by atoms with Crippen molar-refractivity contribution in [3.8, 4) is 0 Å². The summed E-state index contributed by atoms with van der Waals surface area (Å²) in [7, 11) is -4.75. The van der Waals surface area contributed by atoms with E-state index in [9.17, 15) is 23.8 Å². The number of allylic oxidation sites excluding steroid dienone is 14. The molecule has 64 heavy (non-hydrogen) atoms. The van der Waals surface area contributed by atoms with Crippen LogP contribution in [-0.4, -0.2) is 59.9 Å². The SMILES string of the molecule is CC/C=C/C/C=C/C/C=C/C/C=C/C/C=C/CCCC(=O)OC[C@@H](COP(=O)(O)OC[C@H](N)C(=O)O)OC(=O)CCC/C=C/CC/C=C/CCCCCCCCCCCCCCCC. The number of nitrogens with two attached hydrogens (primary N) is 1. The van der Waals surface area contributed by atoms with Gasteiger partial charge in [0.25, 0.3) is 0 Å². The van der Waals surface area contributed by atoms with Gasteiger partial charge in [0.05, 0.1) is 13.2 Å². The lowest BCUT2D eigenvalue weighted by Gasteiger charge is -2.20. The molecule has 0 amide bonds. The third-order valence-corrected chi connectivity index (χ3v) is 11.1. The van der Waals surface area contributed by atoms with Gasteiger partial charge in [0.1, 0.15) is 12.6 Å². The smallest absolute Gasteiger partial charge is 0.472 e. The van der Waals surface area contributed by atoms with E-state index in [0.29, 0.717) is 25.7 Å². The Balaban J connectivity index is 4.40. The lowest BCUT2D eigenvalue weighted by Crippen LogP contribution is -2.34. The molecule has 3 atom stereocenters. The number of ether oxygens (including phenoxy) is 2. The van der Waals surface area contributed by atoms with Crippen LogP contribution in [0.25, 0.3) is 0 Å². The number of esters is 2. The van der Waals surface area contributed by atoms with Gasteiger partial charge in [-0.15, -0.1) is 0 Å². The Hall–Kier alpha value is -3.34. The van der Waals surface area contributed by atoms with E-state index >= 15 is 0 Å². The van der Waals surface area contributed by atoms with E-state index in [2.05, 4.69) is 85.2 Å². The molecule has 0 bridgehead atoms. The summed E-state index contributed by atoms with van der Waals surface area (Å²) in [6.45, 7) is 2.60. The highest BCUT2D eigenvalue weighted by Crippen LogP contribution is 2.43. The summed E-state index contributed by atoms with van der Waals surface area (Å²) in [4.78, 5) is 46.1. The van der Waals surface area contributed by atoms with Crippen LogP contribution in [0, 0.1) is 0 Å². The normalized spacial score (nSPS) is 14.3. The Morgan fingerprint density at radius 2 is 0.891 bits per heavy atom. The molecule has 1 unspecified atom stereocenters. The van der Waals surface area contributed by atoms with Gasteiger partial charge in [0, 0.05) is 12.8 Å². The summed E-state index contributed by atoms with van der Waals surface area (Å²) in [6, 6.07) is -1.54. The van der Waals surface area contributed by atoms with Gasteiger partial charge in [0.15, 0.2) is 6.10 Å². The molecule has 0 fully saturated rings. The second-order valence-electron chi connectivity index (χ2n) is 16.2. The number of unbranched alkanes of at least 4 members (excludes halogenated alkanes) is 17. The first-order chi connectivity index (χ1) is 31.1. The average molecular weight is 918 g/mol. The van der Waals surface area contributed by atoms with Crippen LogP contribution in [0.5, 0.6) is 0 Å². The number of carbonyl (C=O) groups excluding carboxylic acids is 2. The Morgan fingerprint density at radius 1 is 0.500 bits per heavy atom. The molecule has 0 radical (unpaired) electrons. The van der Waals surface area contributed by atoms with Crippen molar-refractivity contribution in [1.29, 1.82) is 0 Å². The Morgan fingerprint density at radius 3 is 1.38 bits per heavy atom. The lowest BCUT2D eigenvalue weighted by atomic mass is 10.0. The molecule has 12 heteroatoms. The predicted molar refractivity (Wildman–Crippen MR) is 263 cm³/mol. The fourth-order valence-corrected chi connectivity index (χ4v) is 7.08. The highest BCUT2D eigenvalue weighted by atomic mass is 31.2. The first-order valence-corrected chi connectivity index (χ1v) is 26.1. The fraction of sp³-hybridized carbons (Fsp3) is 0.673. The van der Waals surface area contributed by atoms with Gasteiger partial charge in [-0.2, -0.15) is 0 Å². The number of phosphoric ester groups is 1. The van der Waals surface area contributed by atoms with Crippen molar-refractivity contribution in [2.75, 3.05) is 19.8 Å². The highest BCUT2D eigenvalue weighted by molar-refractivity contribution is 7.47. The molecule has 0 aromatic carbocycles. The van der Waals surface area contributed by atoms with E-state index in [4.69, 9.17) is 24.8 Å². The second-order valence-corrected chi connectivity index (χ2v) is 17.7. The van der Waals surface area contributed by atoms with E-state index in [1.807, 2.05) is 18.2 Å². The summed E-state index contributed by atoms with van der Waals surface area (Å²) in [6.07, 6.45) is 58.2. The minimum absolute atomic E-state index is 0.0852. The number of rotatable bonds is 45. The van der Waals surface area contributed by atoms with Gasteiger partial charge in [-0.3, -0.25) is 23.4 Å². The van der Waals surface area contributed by atoms with E-state index in [1.165, 1.54) is 89.9 Å². The molecule has 0 spiro atoms. The minimum Gasteiger partial charge on any atom is -0.480 e. The molecule has 0 aromatic heterocycles. The number of carboxylic acid groups (broad SMARTS) is 1. The van der Waals surface area contributed by atoms with Crippen LogP contribution in [0.1, 0.15) is 194 Å². The number of hydrogen-bond donors (Lipinski definition) is 3. The summed E-state index contributed by atoms with van der Waals surface area (Å²) < 4.78 is 32.7. The molecule has 366 valence electrons. The molecular weight excluding hydrogens is 830 g/mol. The van der Waals surface area contributed by atoms with Crippen molar-refractivity contribution in [1.82, 2.24) is 0 Å². The van der Waals surface area contributed by atoms with E-state index < -0.39 is 57.7 Å². The van der Waals surface area contributed by atoms with Crippen LogP contribution in [0.2, 0.25) is 0 Å². The molecule has 0 saturated heterocycles. The van der Waals surface area contributed by atoms with E-state index in [-0.39, 0.29) is 12.8 Å². The van der Waals surface area contributed by atoms with E-state index in [0.717, 1.165) is 51.4 Å². The van der Waals surface area contributed by atoms with Crippen LogP contribution < -0.4 is 5.73 Å². The van der Waals surface area contributed by atoms with Crippen molar-refractivity contribution in [3.63, 3.8) is 0 Å². The van der Waals surface area contributed by atoms with Crippen molar-refractivity contribution in [3.05, 3.63) is 85.1 Å². The third-order valence-electron chi connectivity index (χ3n) is 10.1. The molecule has 0 aliphatic rings. The third kappa shape index (κ3) is 45.2.